The van der Waals surface area contributed by atoms with Crippen molar-refractivity contribution in [2.75, 3.05) is 11.1 Å². The van der Waals surface area contributed by atoms with Gasteiger partial charge in [0.15, 0.2) is 16.6 Å². The summed E-state index contributed by atoms with van der Waals surface area (Å²) in [6.45, 7) is 0. The summed E-state index contributed by atoms with van der Waals surface area (Å²) in [6, 6.07) is 13.1. The number of benzene rings is 2. The molecule has 0 saturated heterocycles. The number of fused-ring (bicyclic) bond motifs is 2. The molecule has 3 aromatic heterocycles. The Balaban J connectivity index is 1.52. The van der Waals surface area contributed by atoms with E-state index in [0.717, 1.165) is 26.5 Å². The van der Waals surface area contributed by atoms with Gasteiger partial charge >= 0.3 is 5.69 Å². The van der Waals surface area contributed by atoms with Crippen molar-refractivity contribution in [2.45, 2.75) is 5.03 Å². The smallest absolute Gasteiger partial charge is 0.301 e. The third kappa shape index (κ3) is 4.59. The summed E-state index contributed by atoms with van der Waals surface area (Å²) in [5, 5.41) is 14.5. The Labute approximate surface area is 215 Å². The zero-order valence-electron chi connectivity index (χ0n) is 19.4. The molecule has 12 nitrogen and oxygen atoms in total. The Bertz CT molecular complexity index is 1790. The normalized spacial score (nSPS) is 11.2. The van der Waals surface area contributed by atoms with Gasteiger partial charge in [-0.05, 0) is 24.3 Å². The SMILES string of the molecule is Cn1c(=O)c2c(SCC(=O)Nc3nc4ccccc4s3)nc(-c3ccc([N+](=O)[O-])cc3)nc2n(C)c1=O. The van der Waals surface area contributed by atoms with Crippen molar-refractivity contribution in [3.8, 4) is 11.4 Å². The first-order valence-electron chi connectivity index (χ1n) is 10.7. The molecule has 37 heavy (non-hydrogen) atoms. The second-order valence-corrected chi connectivity index (χ2v) is 9.88. The number of carbonyl (C=O) groups excluding carboxylic acids is 1. The molecule has 0 atom stereocenters. The molecule has 14 heteroatoms. The number of hydrogen-bond acceptors (Lipinski definition) is 10. The van der Waals surface area contributed by atoms with Gasteiger partial charge in [-0.15, -0.1) is 0 Å². The van der Waals surface area contributed by atoms with Crippen LogP contribution in [-0.4, -0.2) is 40.7 Å². The van der Waals surface area contributed by atoms with Gasteiger partial charge in [0, 0.05) is 31.8 Å². The zero-order valence-corrected chi connectivity index (χ0v) is 21.0. The summed E-state index contributed by atoms with van der Waals surface area (Å²) in [7, 11) is 2.83. The number of non-ortho nitro benzene ring substituents is 1. The van der Waals surface area contributed by atoms with Crippen LogP contribution in [0.15, 0.2) is 63.1 Å². The monoisotopic (exact) mass is 535 g/mol. The Morgan fingerprint density at radius 1 is 1.05 bits per heavy atom. The molecule has 0 spiro atoms. The molecule has 0 aliphatic rings. The van der Waals surface area contributed by atoms with Gasteiger partial charge in [0.2, 0.25) is 5.91 Å². The molecule has 0 saturated carbocycles. The molecule has 5 aromatic rings. The predicted octanol–water partition coefficient (Wildman–Crippen LogP) is 2.94. The molecular weight excluding hydrogens is 518 g/mol. The second-order valence-electron chi connectivity index (χ2n) is 7.88. The lowest BCUT2D eigenvalue weighted by molar-refractivity contribution is -0.384. The Morgan fingerprint density at radius 3 is 2.49 bits per heavy atom. The van der Waals surface area contributed by atoms with E-state index in [1.807, 2.05) is 24.3 Å². The molecular formula is C23H17N7O5S2. The number of hydrogen-bond donors (Lipinski definition) is 1. The van der Waals surface area contributed by atoms with Crippen molar-refractivity contribution < 1.29 is 9.72 Å². The number of aryl methyl sites for hydroxylation is 1. The average molecular weight is 536 g/mol. The molecule has 5 rings (SSSR count). The topological polar surface area (TPSA) is 155 Å². The first-order chi connectivity index (χ1) is 17.7. The van der Waals surface area contributed by atoms with Gasteiger partial charge in [0.05, 0.1) is 20.9 Å². The van der Waals surface area contributed by atoms with E-state index < -0.39 is 16.2 Å². The van der Waals surface area contributed by atoms with Gasteiger partial charge in [0.25, 0.3) is 11.2 Å². The minimum Gasteiger partial charge on any atom is -0.301 e. The maximum absolute atomic E-state index is 13.0. The molecule has 0 aliphatic heterocycles. The standard InChI is InChI=1S/C23H17N7O5S2/c1-28-19-17(21(32)29(2)23(28)33)20(27-18(26-19)12-7-9-13(10-8-12)30(34)35)36-11-16(31)25-22-24-14-5-3-4-6-15(14)37-22/h3-10H,11H2,1-2H3,(H,24,25,31). The lowest BCUT2D eigenvalue weighted by Gasteiger charge is -2.12. The van der Waals surface area contributed by atoms with Crippen molar-refractivity contribution in [3.05, 3.63) is 79.5 Å². The highest BCUT2D eigenvalue weighted by Crippen LogP contribution is 2.28. The fourth-order valence-corrected chi connectivity index (χ4v) is 5.31. The number of amides is 1. The van der Waals surface area contributed by atoms with Gasteiger partial charge in [0.1, 0.15) is 10.4 Å². The number of nitrogens with one attached hydrogen (secondary N) is 1. The highest BCUT2D eigenvalue weighted by Gasteiger charge is 2.20. The number of nitro groups is 1. The Morgan fingerprint density at radius 2 is 1.78 bits per heavy atom. The summed E-state index contributed by atoms with van der Waals surface area (Å²) >= 11 is 2.36. The highest BCUT2D eigenvalue weighted by molar-refractivity contribution is 8.00. The Hall–Kier alpha value is -4.43. The lowest BCUT2D eigenvalue weighted by Crippen LogP contribution is -2.37. The number of rotatable bonds is 6. The summed E-state index contributed by atoms with van der Waals surface area (Å²) in [5.41, 5.74) is 0.0334. The molecule has 1 N–H and O–H groups in total. The third-order valence-electron chi connectivity index (χ3n) is 5.48. The van der Waals surface area contributed by atoms with E-state index >= 15 is 0 Å². The molecule has 0 radical (unpaired) electrons. The maximum Gasteiger partial charge on any atom is 0.332 e. The molecule has 3 heterocycles. The molecule has 0 bridgehead atoms. The van der Waals surface area contributed by atoms with Crippen LogP contribution in [0.5, 0.6) is 0 Å². The van der Waals surface area contributed by atoms with E-state index in [1.54, 1.807) is 0 Å². The van der Waals surface area contributed by atoms with Crippen LogP contribution in [0.25, 0.3) is 32.6 Å². The molecule has 186 valence electrons. The van der Waals surface area contributed by atoms with Crippen molar-refractivity contribution in [1.82, 2.24) is 24.1 Å². The van der Waals surface area contributed by atoms with Gasteiger partial charge in [-0.25, -0.2) is 19.7 Å². The fraction of sp³-hybridized carbons (Fsp3) is 0.130. The fourth-order valence-electron chi connectivity index (χ4n) is 3.61. The zero-order chi connectivity index (χ0) is 26.3. The summed E-state index contributed by atoms with van der Waals surface area (Å²) < 4.78 is 3.10. The first-order valence-corrected chi connectivity index (χ1v) is 12.5. The molecule has 0 aliphatic carbocycles. The quantitative estimate of drug-likeness (QED) is 0.149. The van der Waals surface area contributed by atoms with E-state index in [-0.39, 0.29) is 39.2 Å². The predicted molar refractivity (Wildman–Crippen MR) is 141 cm³/mol. The van der Waals surface area contributed by atoms with Crippen LogP contribution < -0.4 is 16.6 Å². The maximum atomic E-state index is 13.0. The highest BCUT2D eigenvalue weighted by atomic mass is 32.2. The lowest BCUT2D eigenvalue weighted by atomic mass is 10.2. The second kappa shape index (κ2) is 9.55. The summed E-state index contributed by atoms with van der Waals surface area (Å²) in [6.07, 6.45) is 0. The number of nitro benzene ring substituents is 1. The number of aromatic nitrogens is 5. The van der Waals surface area contributed by atoms with E-state index in [9.17, 15) is 24.5 Å². The first kappa shape index (κ1) is 24.3. The number of para-hydroxylation sites is 1. The van der Waals surface area contributed by atoms with E-state index in [0.29, 0.717) is 10.7 Å². The van der Waals surface area contributed by atoms with Gasteiger partial charge in [-0.2, -0.15) is 0 Å². The van der Waals surface area contributed by atoms with Crippen LogP contribution in [0.1, 0.15) is 0 Å². The average Bonchev–Trinajstić information content (AvgIpc) is 3.31. The molecule has 2 aromatic carbocycles. The minimum atomic E-state index is -0.595. The summed E-state index contributed by atoms with van der Waals surface area (Å²) in [4.78, 5) is 62.0. The van der Waals surface area contributed by atoms with Crippen LogP contribution >= 0.6 is 23.1 Å². The van der Waals surface area contributed by atoms with Crippen molar-refractivity contribution in [1.29, 1.82) is 0 Å². The minimum absolute atomic E-state index is 0.0885. The van der Waals surface area contributed by atoms with Gasteiger partial charge < -0.3 is 5.32 Å². The van der Waals surface area contributed by atoms with Crippen LogP contribution in [0.4, 0.5) is 10.8 Å². The largest absolute Gasteiger partial charge is 0.332 e. The van der Waals surface area contributed by atoms with Gasteiger partial charge in [-0.3, -0.25) is 28.8 Å². The van der Waals surface area contributed by atoms with E-state index in [4.69, 9.17) is 0 Å². The van der Waals surface area contributed by atoms with Gasteiger partial charge in [-0.1, -0.05) is 35.2 Å². The van der Waals surface area contributed by atoms with Crippen LogP contribution in [-0.2, 0) is 18.9 Å². The number of anilines is 1. The number of carbonyl (C=O) groups is 1. The van der Waals surface area contributed by atoms with Crippen molar-refractivity contribution >= 4 is 61.1 Å². The van der Waals surface area contributed by atoms with Crippen molar-refractivity contribution in [2.24, 2.45) is 14.1 Å². The van der Waals surface area contributed by atoms with Crippen LogP contribution in [0.2, 0.25) is 0 Å². The molecule has 0 unspecified atom stereocenters. The van der Waals surface area contributed by atoms with E-state index in [1.165, 1.54) is 54.3 Å². The number of thioether (sulfide) groups is 1. The molecule has 0 fully saturated rings. The third-order valence-corrected chi connectivity index (χ3v) is 7.41. The summed E-state index contributed by atoms with van der Waals surface area (Å²) in [5.74, 6) is -0.289. The van der Waals surface area contributed by atoms with Crippen molar-refractivity contribution in [3.63, 3.8) is 0 Å². The number of thiazole rings is 1. The van der Waals surface area contributed by atoms with Crippen LogP contribution in [0.3, 0.4) is 0 Å². The van der Waals surface area contributed by atoms with E-state index in [2.05, 4.69) is 20.3 Å². The Kier molecular flexibility index (Phi) is 6.27. The molecule has 1 amide bonds. The number of nitrogens with zero attached hydrogens (tertiary/aromatic N) is 6. The van der Waals surface area contributed by atoms with Crippen LogP contribution in [0, 0.1) is 10.1 Å².